The molecule has 0 aromatic heterocycles. The first kappa shape index (κ1) is 24.7. The summed E-state index contributed by atoms with van der Waals surface area (Å²) in [5.74, 6) is 0.471. The smallest absolute Gasteiger partial charge is 0.266 e. The molecule has 0 bridgehead atoms. The molecule has 0 aliphatic carbocycles. The van der Waals surface area contributed by atoms with Crippen LogP contribution in [0.15, 0.2) is 70.7 Å². The van der Waals surface area contributed by atoms with Crippen LogP contribution in [-0.4, -0.2) is 12.5 Å². The first-order valence-corrected chi connectivity index (χ1v) is 11.5. The van der Waals surface area contributed by atoms with Crippen molar-refractivity contribution in [3.8, 4) is 17.6 Å². The molecule has 1 amide bonds. The molecule has 0 heterocycles. The van der Waals surface area contributed by atoms with Crippen molar-refractivity contribution < 1.29 is 14.3 Å². The molecular formula is C25H19BrCl2N2O3. The summed E-state index contributed by atoms with van der Waals surface area (Å²) >= 11 is 15.4. The summed E-state index contributed by atoms with van der Waals surface area (Å²) in [6.07, 6.45) is 1.48. The van der Waals surface area contributed by atoms with Crippen molar-refractivity contribution in [2.45, 2.75) is 13.5 Å². The van der Waals surface area contributed by atoms with Gasteiger partial charge in [0.15, 0.2) is 11.5 Å². The molecule has 0 fully saturated rings. The lowest BCUT2D eigenvalue weighted by atomic mass is 10.1. The molecule has 8 heteroatoms. The van der Waals surface area contributed by atoms with Crippen molar-refractivity contribution in [1.29, 1.82) is 5.26 Å². The number of carbonyl (C=O) groups is 1. The van der Waals surface area contributed by atoms with Crippen LogP contribution in [-0.2, 0) is 11.4 Å². The van der Waals surface area contributed by atoms with Crippen molar-refractivity contribution in [2.75, 3.05) is 11.9 Å². The summed E-state index contributed by atoms with van der Waals surface area (Å²) in [6.45, 7) is 2.60. The minimum absolute atomic E-state index is 0.0760. The van der Waals surface area contributed by atoms with E-state index in [1.807, 2.05) is 25.1 Å². The van der Waals surface area contributed by atoms with Crippen LogP contribution in [0.25, 0.3) is 6.08 Å². The number of amides is 1. The minimum Gasteiger partial charge on any atom is -0.490 e. The van der Waals surface area contributed by atoms with E-state index in [-0.39, 0.29) is 5.57 Å². The lowest BCUT2D eigenvalue weighted by Crippen LogP contribution is -2.13. The van der Waals surface area contributed by atoms with Crippen LogP contribution in [0.4, 0.5) is 5.69 Å². The lowest BCUT2D eigenvalue weighted by molar-refractivity contribution is -0.112. The number of benzene rings is 3. The van der Waals surface area contributed by atoms with Gasteiger partial charge in [0.1, 0.15) is 18.2 Å². The molecule has 0 radical (unpaired) electrons. The number of hydrogen-bond acceptors (Lipinski definition) is 4. The molecule has 3 aromatic rings. The second kappa shape index (κ2) is 11.8. The van der Waals surface area contributed by atoms with Crippen LogP contribution in [0, 0.1) is 11.3 Å². The molecule has 168 valence electrons. The molecule has 0 aliphatic heterocycles. The van der Waals surface area contributed by atoms with Gasteiger partial charge in [-0.05, 0) is 66.6 Å². The summed E-state index contributed by atoms with van der Waals surface area (Å²) in [6, 6.07) is 19.5. The van der Waals surface area contributed by atoms with Crippen molar-refractivity contribution in [1.82, 2.24) is 0 Å². The summed E-state index contributed by atoms with van der Waals surface area (Å²) in [5, 5.41) is 13.4. The highest BCUT2D eigenvalue weighted by Gasteiger charge is 2.14. The van der Waals surface area contributed by atoms with Gasteiger partial charge in [-0.2, -0.15) is 5.26 Å². The second-order valence-corrected chi connectivity index (χ2v) is 8.53. The fourth-order valence-corrected chi connectivity index (χ4v) is 3.61. The van der Waals surface area contributed by atoms with E-state index in [1.54, 1.807) is 48.5 Å². The van der Waals surface area contributed by atoms with Gasteiger partial charge in [-0.25, -0.2) is 0 Å². The van der Waals surface area contributed by atoms with E-state index in [9.17, 15) is 10.1 Å². The van der Waals surface area contributed by atoms with Gasteiger partial charge in [-0.1, -0.05) is 57.3 Å². The molecule has 33 heavy (non-hydrogen) atoms. The average molecular weight is 546 g/mol. The van der Waals surface area contributed by atoms with E-state index in [2.05, 4.69) is 21.2 Å². The van der Waals surface area contributed by atoms with Gasteiger partial charge >= 0.3 is 0 Å². The maximum atomic E-state index is 12.6. The number of hydrogen-bond donors (Lipinski definition) is 1. The predicted octanol–water partition coefficient (Wildman–Crippen LogP) is 7.28. The molecule has 3 aromatic carbocycles. The Hall–Kier alpha value is -2.98. The van der Waals surface area contributed by atoms with Gasteiger partial charge in [-0.3, -0.25) is 4.79 Å². The lowest BCUT2D eigenvalue weighted by Gasteiger charge is -2.14. The van der Waals surface area contributed by atoms with Crippen LogP contribution in [0.1, 0.15) is 18.1 Å². The highest BCUT2D eigenvalue weighted by Crippen LogP contribution is 2.35. The van der Waals surface area contributed by atoms with Gasteiger partial charge < -0.3 is 14.8 Å². The van der Waals surface area contributed by atoms with E-state index in [0.717, 1.165) is 5.56 Å². The largest absolute Gasteiger partial charge is 0.490 e. The van der Waals surface area contributed by atoms with E-state index >= 15 is 0 Å². The van der Waals surface area contributed by atoms with Crippen LogP contribution < -0.4 is 14.8 Å². The molecule has 3 rings (SSSR count). The quantitative estimate of drug-likeness (QED) is 0.238. The van der Waals surface area contributed by atoms with E-state index in [1.165, 1.54) is 6.08 Å². The van der Waals surface area contributed by atoms with Crippen LogP contribution >= 0.6 is 39.1 Å². The Morgan fingerprint density at radius 1 is 1.06 bits per heavy atom. The number of anilines is 1. The molecule has 0 saturated carbocycles. The number of rotatable bonds is 8. The molecule has 0 saturated heterocycles. The summed E-state index contributed by atoms with van der Waals surface area (Å²) < 4.78 is 12.3. The van der Waals surface area contributed by atoms with E-state index < -0.39 is 5.91 Å². The number of halogens is 3. The molecule has 0 atom stereocenters. The highest BCUT2D eigenvalue weighted by atomic mass is 79.9. The Morgan fingerprint density at radius 3 is 2.45 bits per heavy atom. The Balaban J connectivity index is 1.84. The first-order chi connectivity index (χ1) is 15.9. The minimum atomic E-state index is -0.548. The summed E-state index contributed by atoms with van der Waals surface area (Å²) in [5.41, 5.74) is 1.96. The molecule has 1 N–H and O–H groups in total. The Kier molecular flexibility index (Phi) is 8.79. The molecule has 0 spiro atoms. The number of nitriles is 1. The van der Waals surface area contributed by atoms with Gasteiger partial charge in [-0.15, -0.1) is 0 Å². The van der Waals surface area contributed by atoms with Crippen LogP contribution in [0.5, 0.6) is 11.5 Å². The van der Waals surface area contributed by atoms with Crippen molar-refractivity contribution in [2.24, 2.45) is 0 Å². The van der Waals surface area contributed by atoms with Crippen molar-refractivity contribution >= 4 is 56.8 Å². The fourth-order valence-electron chi connectivity index (χ4n) is 2.85. The number of nitrogens with zero attached hydrogens (tertiary/aromatic N) is 1. The van der Waals surface area contributed by atoms with E-state index in [4.69, 9.17) is 32.7 Å². The van der Waals surface area contributed by atoms with Gasteiger partial charge in [0.2, 0.25) is 0 Å². The third-order valence-electron chi connectivity index (χ3n) is 4.42. The topological polar surface area (TPSA) is 71.3 Å². The zero-order chi connectivity index (χ0) is 23.8. The second-order valence-electron chi connectivity index (χ2n) is 6.80. The average Bonchev–Trinajstić information content (AvgIpc) is 2.79. The first-order valence-electron chi connectivity index (χ1n) is 9.92. The molecule has 0 aliphatic rings. The normalized spacial score (nSPS) is 10.9. The monoisotopic (exact) mass is 544 g/mol. The standard InChI is InChI=1S/C25H19BrCl2N2O3/c1-2-32-23-11-17(10-18(14-29)25(31)30-21-5-3-4-20(28)12-21)22(26)13-24(23)33-15-16-6-8-19(27)9-7-16/h3-13H,2,15H2,1H3,(H,30,31)/b18-10+. The predicted molar refractivity (Wildman–Crippen MR) is 135 cm³/mol. The summed E-state index contributed by atoms with van der Waals surface area (Å²) in [4.78, 5) is 12.6. The van der Waals surface area contributed by atoms with Crippen LogP contribution in [0.2, 0.25) is 10.0 Å². The zero-order valence-corrected chi connectivity index (χ0v) is 20.7. The zero-order valence-electron chi connectivity index (χ0n) is 17.6. The van der Waals surface area contributed by atoms with Crippen molar-refractivity contribution in [3.63, 3.8) is 0 Å². The summed E-state index contributed by atoms with van der Waals surface area (Å²) in [7, 11) is 0. The maximum Gasteiger partial charge on any atom is 0.266 e. The Morgan fingerprint density at radius 2 is 1.79 bits per heavy atom. The highest BCUT2D eigenvalue weighted by molar-refractivity contribution is 9.10. The van der Waals surface area contributed by atoms with Gasteiger partial charge in [0.05, 0.1) is 6.61 Å². The fraction of sp³-hybridized carbons (Fsp3) is 0.120. The van der Waals surface area contributed by atoms with Crippen LogP contribution in [0.3, 0.4) is 0 Å². The van der Waals surface area contributed by atoms with Gasteiger partial charge in [0, 0.05) is 20.2 Å². The molecule has 5 nitrogen and oxygen atoms in total. The Bertz CT molecular complexity index is 1220. The van der Waals surface area contributed by atoms with E-state index in [0.29, 0.717) is 50.5 Å². The van der Waals surface area contributed by atoms with Gasteiger partial charge in [0.25, 0.3) is 5.91 Å². The number of nitrogens with one attached hydrogen (secondary N) is 1. The molecular weight excluding hydrogens is 527 g/mol. The third kappa shape index (κ3) is 7.00. The SMILES string of the molecule is CCOc1cc(/C=C(\C#N)C(=O)Nc2cccc(Cl)c2)c(Br)cc1OCc1ccc(Cl)cc1. The maximum absolute atomic E-state index is 12.6. The Labute approximate surface area is 210 Å². The number of carbonyl (C=O) groups excluding carboxylic acids is 1. The third-order valence-corrected chi connectivity index (χ3v) is 5.59. The molecule has 0 unspecified atom stereocenters. The van der Waals surface area contributed by atoms with Crippen molar-refractivity contribution in [3.05, 3.63) is 91.9 Å². The number of ether oxygens (including phenoxy) is 2.